The second-order valence-electron chi connectivity index (χ2n) is 5.06. The van der Waals surface area contributed by atoms with E-state index in [1.54, 1.807) is 11.3 Å². The van der Waals surface area contributed by atoms with Crippen molar-refractivity contribution in [2.75, 3.05) is 19.8 Å². The van der Waals surface area contributed by atoms with E-state index < -0.39 is 0 Å². The van der Waals surface area contributed by atoms with E-state index in [9.17, 15) is 4.79 Å². The molecule has 0 aromatic carbocycles. The summed E-state index contributed by atoms with van der Waals surface area (Å²) in [5.74, 6) is -0.00279. The topological polar surface area (TPSA) is 55.6 Å². The molecule has 0 saturated carbocycles. The highest BCUT2D eigenvalue weighted by Gasteiger charge is 2.37. The molecule has 1 aromatic rings. The molecular formula is C13H18N2O2S. The predicted molar refractivity (Wildman–Crippen MR) is 70.4 cm³/mol. The van der Waals surface area contributed by atoms with Crippen LogP contribution in [0.5, 0.6) is 0 Å². The van der Waals surface area contributed by atoms with Crippen molar-refractivity contribution < 1.29 is 9.53 Å². The van der Waals surface area contributed by atoms with Crippen LogP contribution in [-0.2, 0) is 16.0 Å². The summed E-state index contributed by atoms with van der Waals surface area (Å²) < 4.78 is 5.30. The fourth-order valence-electron chi connectivity index (χ4n) is 2.85. The van der Waals surface area contributed by atoms with Gasteiger partial charge in [0.25, 0.3) is 0 Å². The molecule has 2 aliphatic heterocycles. The fraction of sp³-hybridized carbons (Fsp3) is 0.615. The zero-order valence-corrected chi connectivity index (χ0v) is 11.3. The number of nitrogens with zero attached hydrogens (tertiary/aromatic N) is 1. The largest absolute Gasteiger partial charge is 0.379 e. The third-order valence-corrected chi connectivity index (χ3v) is 5.00. The van der Waals surface area contributed by atoms with E-state index in [2.05, 4.69) is 18.4 Å². The lowest BCUT2D eigenvalue weighted by atomic mass is 9.97. The fourth-order valence-corrected chi connectivity index (χ4v) is 3.81. The third kappa shape index (κ3) is 1.86. The van der Waals surface area contributed by atoms with Crippen molar-refractivity contribution in [3.8, 4) is 0 Å². The summed E-state index contributed by atoms with van der Waals surface area (Å²) in [6.45, 7) is 3.88. The van der Waals surface area contributed by atoms with Crippen LogP contribution in [0.25, 0.3) is 0 Å². The number of amides is 1. The molecule has 1 amide bonds. The number of rotatable bonds is 1. The Balaban J connectivity index is 1.80. The zero-order valence-electron chi connectivity index (χ0n) is 10.5. The highest BCUT2D eigenvalue weighted by atomic mass is 32.1. The Morgan fingerprint density at radius 1 is 1.56 bits per heavy atom. The number of carbonyl (C=O) groups excluding carboxylic acids is 1. The number of fused-ring (bicyclic) bond motifs is 1. The van der Waals surface area contributed by atoms with Gasteiger partial charge in [0.1, 0.15) is 0 Å². The maximum absolute atomic E-state index is 12.5. The maximum Gasteiger partial charge on any atom is 0.230 e. The minimum Gasteiger partial charge on any atom is -0.379 e. The number of hydrogen-bond acceptors (Lipinski definition) is 4. The van der Waals surface area contributed by atoms with E-state index in [0.717, 1.165) is 13.0 Å². The quantitative estimate of drug-likeness (QED) is 0.830. The Bertz CT molecular complexity index is 460. The lowest BCUT2D eigenvalue weighted by Crippen LogP contribution is -2.46. The molecule has 2 N–H and O–H groups in total. The molecule has 98 valence electrons. The first-order valence-corrected chi connectivity index (χ1v) is 7.26. The van der Waals surface area contributed by atoms with Gasteiger partial charge in [0.15, 0.2) is 0 Å². The highest BCUT2D eigenvalue weighted by Crippen LogP contribution is 2.34. The predicted octanol–water partition coefficient (Wildman–Crippen LogP) is 1.17. The average Bonchev–Trinajstić information content (AvgIpc) is 2.97. The van der Waals surface area contributed by atoms with Crippen LogP contribution in [0.2, 0.25) is 0 Å². The summed E-state index contributed by atoms with van der Waals surface area (Å²) in [6, 6.07) is 2.16. The number of thiophene rings is 1. The lowest BCUT2D eigenvalue weighted by molar-refractivity contribution is -0.138. The van der Waals surface area contributed by atoms with Crippen LogP contribution in [-0.4, -0.2) is 36.6 Å². The molecule has 1 saturated heterocycles. The van der Waals surface area contributed by atoms with Gasteiger partial charge in [-0.2, -0.15) is 0 Å². The monoisotopic (exact) mass is 266 g/mol. The minimum absolute atomic E-state index is 0.145. The van der Waals surface area contributed by atoms with Gasteiger partial charge in [-0.1, -0.05) is 0 Å². The molecule has 18 heavy (non-hydrogen) atoms. The van der Waals surface area contributed by atoms with Crippen LogP contribution in [0.3, 0.4) is 0 Å². The van der Waals surface area contributed by atoms with Crippen LogP contribution in [0.15, 0.2) is 11.4 Å². The number of hydrogen-bond donors (Lipinski definition) is 1. The second-order valence-corrected chi connectivity index (χ2v) is 6.07. The van der Waals surface area contributed by atoms with E-state index in [-0.39, 0.29) is 23.9 Å². The smallest absolute Gasteiger partial charge is 0.230 e. The van der Waals surface area contributed by atoms with E-state index in [1.165, 1.54) is 10.4 Å². The van der Waals surface area contributed by atoms with Crippen LogP contribution in [0, 0.1) is 5.92 Å². The first kappa shape index (κ1) is 12.1. The minimum atomic E-state index is -0.160. The molecule has 0 aliphatic carbocycles. The molecule has 3 rings (SSSR count). The molecule has 0 bridgehead atoms. The Morgan fingerprint density at radius 3 is 3.11 bits per heavy atom. The number of carbonyl (C=O) groups is 1. The maximum atomic E-state index is 12.5. The van der Waals surface area contributed by atoms with Crippen LogP contribution in [0.1, 0.15) is 23.4 Å². The molecule has 0 spiro atoms. The highest BCUT2D eigenvalue weighted by molar-refractivity contribution is 7.10. The third-order valence-electron chi connectivity index (χ3n) is 4.00. The van der Waals surface area contributed by atoms with Crippen molar-refractivity contribution in [3.63, 3.8) is 0 Å². The van der Waals surface area contributed by atoms with E-state index in [1.807, 2.05) is 4.90 Å². The molecule has 5 heteroatoms. The molecule has 3 atom stereocenters. The van der Waals surface area contributed by atoms with Gasteiger partial charge in [-0.15, -0.1) is 11.3 Å². The zero-order chi connectivity index (χ0) is 12.7. The first-order valence-electron chi connectivity index (χ1n) is 6.38. The summed E-state index contributed by atoms with van der Waals surface area (Å²) in [5, 5.41) is 2.11. The molecule has 3 heterocycles. The molecule has 4 nitrogen and oxygen atoms in total. The number of nitrogens with two attached hydrogens (primary N) is 1. The summed E-state index contributed by atoms with van der Waals surface area (Å²) >= 11 is 1.79. The summed E-state index contributed by atoms with van der Waals surface area (Å²) in [7, 11) is 0. The van der Waals surface area contributed by atoms with E-state index in [4.69, 9.17) is 10.5 Å². The Hall–Kier alpha value is -0.910. The van der Waals surface area contributed by atoms with Crippen molar-refractivity contribution >= 4 is 17.2 Å². The Kier molecular flexibility index (Phi) is 3.13. The van der Waals surface area contributed by atoms with Crippen molar-refractivity contribution in [2.45, 2.75) is 25.4 Å². The lowest BCUT2D eigenvalue weighted by Gasteiger charge is -2.35. The van der Waals surface area contributed by atoms with Gasteiger partial charge in [-0.05, 0) is 30.4 Å². The van der Waals surface area contributed by atoms with Gasteiger partial charge in [0.2, 0.25) is 5.91 Å². The first-order chi connectivity index (χ1) is 8.68. The van der Waals surface area contributed by atoms with Gasteiger partial charge in [0.05, 0.1) is 25.2 Å². The normalized spacial score (nSPS) is 31.4. The van der Waals surface area contributed by atoms with Gasteiger partial charge in [-0.3, -0.25) is 4.79 Å². The van der Waals surface area contributed by atoms with Gasteiger partial charge in [0, 0.05) is 17.5 Å². The van der Waals surface area contributed by atoms with E-state index in [0.29, 0.717) is 13.2 Å². The van der Waals surface area contributed by atoms with Crippen molar-refractivity contribution in [1.29, 1.82) is 0 Å². The number of ether oxygens (including phenoxy) is 1. The second kappa shape index (κ2) is 4.64. The van der Waals surface area contributed by atoms with Crippen LogP contribution < -0.4 is 5.73 Å². The molecule has 1 fully saturated rings. The summed E-state index contributed by atoms with van der Waals surface area (Å²) in [5.41, 5.74) is 7.23. The molecule has 0 radical (unpaired) electrons. The molecular weight excluding hydrogens is 248 g/mol. The van der Waals surface area contributed by atoms with Gasteiger partial charge >= 0.3 is 0 Å². The van der Waals surface area contributed by atoms with Crippen molar-refractivity contribution in [2.24, 2.45) is 11.7 Å². The Labute approximate surface area is 111 Å². The average molecular weight is 266 g/mol. The Morgan fingerprint density at radius 2 is 2.39 bits per heavy atom. The van der Waals surface area contributed by atoms with Crippen LogP contribution in [0.4, 0.5) is 0 Å². The van der Waals surface area contributed by atoms with Crippen molar-refractivity contribution in [1.82, 2.24) is 4.90 Å². The molecule has 1 aromatic heterocycles. The summed E-state index contributed by atoms with van der Waals surface area (Å²) in [6.07, 6.45) is 0.964. The van der Waals surface area contributed by atoms with Gasteiger partial charge in [-0.25, -0.2) is 0 Å². The van der Waals surface area contributed by atoms with Crippen LogP contribution >= 0.6 is 11.3 Å². The summed E-state index contributed by atoms with van der Waals surface area (Å²) in [4.78, 5) is 15.9. The van der Waals surface area contributed by atoms with Gasteiger partial charge < -0.3 is 15.4 Å². The van der Waals surface area contributed by atoms with Crippen molar-refractivity contribution in [3.05, 3.63) is 21.9 Å². The SMILES string of the molecule is CC1c2ccsc2CCN1C(=O)C1COCC1N. The standard InChI is InChI=1S/C13H18N2O2S/c1-8-9-3-5-18-12(9)2-4-15(8)13(16)10-6-17-7-11(10)14/h3,5,8,10-11H,2,4,6-7,14H2,1H3. The van der Waals surface area contributed by atoms with E-state index >= 15 is 0 Å². The molecule has 3 unspecified atom stereocenters. The molecule has 2 aliphatic rings.